The Hall–Kier alpha value is -0.910. The maximum atomic E-state index is 11.8. The Morgan fingerprint density at radius 2 is 1.91 bits per heavy atom. The second kappa shape index (κ2) is 7.77. The third kappa shape index (κ3) is 5.90. The molecular formula is C18H32O5. The first-order chi connectivity index (χ1) is 10.5. The van der Waals surface area contributed by atoms with Crippen LogP contribution in [0.25, 0.3) is 0 Å². The van der Waals surface area contributed by atoms with Gasteiger partial charge in [0.1, 0.15) is 6.61 Å². The summed E-state index contributed by atoms with van der Waals surface area (Å²) in [6, 6.07) is 0. The van der Waals surface area contributed by atoms with E-state index in [-0.39, 0.29) is 37.3 Å². The summed E-state index contributed by atoms with van der Waals surface area (Å²) in [6.07, 6.45) is 2.29. The highest BCUT2D eigenvalue weighted by Gasteiger charge is 2.41. The Morgan fingerprint density at radius 1 is 1.30 bits per heavy atom. The average molecular weight is 328 g/mol. The number of carbonyl (C=O) groups is 1. The van der Waals surface area contributed by atoms with Gasteiger partial charge in [0.15, 0.2) is 5.79 Å². The summed E-state index contributed by atoms with van der Waals surface area (Å²) in [4.78, 5) is 11.8. The fraction of sp³-hybridized carbons (Fsp3) is 0.833. The lowest BCUT2D eigenvalue weighted by molar-refractivity contribution is -0.312. The van der Waals surface area contributed by atoms with E-state index in [4.69, 9.17) is 14.2 Å². The van der Waals surface area contributed by atoms with Crippen molar-refractivity contribution in [2.75, 3.05) is 13.2 Å². The largest absolute Gasteiger partial charge is 0.461 e. The quantitative estimate of drug-likeness (QED) is 0.621. The number of ether oxygens (including phenoxy) is 3. The summed E-state index contributed by atoms with van der Waals surface area (Å²) >= 11 is 0. The van der Waals surface area contributed by atoms with Gasteiger partial charge in [-0.05, 0) is 59.6 Å². The summed E-state index contributed by atoms with van der Waals surface area (Å²) in [7, 11) is 0. The molecule has 1 heterocycles. The van der Waals surface area contributed by atoms with E-state index < -0.39 is 11.2 Å². The van der Waals surface area contributed by atoms with Gasteiger partial charge in [0.2, 0.25) is 0 Å². The zero-order chi connectivity index (χ0) is 17.8. The van der Waals surface area contributed by atoms with Crippen molar-refractivity contribution >= 4 is 5.97 Å². The van der Waals surface area contributed by atoms with E-state index >= 15 is 0 Å². The molecule has 0 unspecified atom stereocenters. The summed E-state index contributed by atoms with van der Waals surface area (Å²) in [5, 5.41) is 9.22. The molecule has 5 nitrogen and oxygen atoms in total. The molecule has 1 aliphatic rings. The summed E-state index contributed by atoms with van der Waals surface area (Å²) in [5.74, 6) is -0.806. The van der Waals surface area contributed by atoms with Gasteiger partial charge in [-0.25, -0.2) is 0 Å². The number of hydrogen-bond acceptors (Lipinski definition) is 5. The molecule has 0 bridgehead atoms. The van der Waals surface area contributed by atoms with Crippen LogP contribution < -0.4 is 0 Å². The van der Waals surface area contributed by atoms with E-state index in [0.717, 1.165) is 5.57 Å². The van der Waals surface area contributed by atoms with Gasteiger partial charge in [0.25, 0.3) is 0 Å². The van der Waals surface area contributed by atoms with Crippen molar-refractivity contribution in [3.05, 3.63) is 11.6 Å². The van der Waals surface area contributed by atoms with Gasteiger partial charge < -0.3 is 19.3 Å². The second-order valence-corrected chi connectivity index (χ2v) is 7.76. The minimum Gasteiger partial charge on any atom is -0.461 e. The normalized spacial score (nSPS) is 28.5. The molecule has 0 radical (unpaired) electrons. The van der Waals surface area contributed by atoms with Crippen LogP contribution in [0.15, 0.2) is 11.6 Å². The van der Waals surface area contributed by atoms with Gasteiger partial charge in [0, 0.05) is 12.5 Å². The zero-order valence-corrected chi connectivity index (χ0v) is 15.5. The lowest BCUT2D eigenvalue weighted by Crippen LogP contribution is -2.50. The Labute approximate surface area is 140 Å². The topological polar surface area (TPSA) is 65.0 Å². The summed E-state index contributed by atoms with van der Waals surface area (Å²) < 4.78 is 17.2. The first-order valence-corrected chi connectivity index (χ1v) is 8.28. The summed E-state index contributed by atoms with van der Waals surface area (Å²) in [5.41, 5.74) is 0.511. The van der Waals surface area contributed by atoms with Crippen LogP contribution in [-0.4, -0.2) is 42.3 Å². The molecule has 0 aromatic heterocycles. The molecule has 0 amide bonds. The highest BCUT2D eigenvalue weighted by Crippen LogP contribution is 2.35. The van der Waals surface area contributed by atoms with Crippen molar-refractivity contribution in [2.45, 2.75) is 72.9 Å². The number of esters is 1. The van der Waals surface area contributed by atoms with Gasteiger partial charge in [-0.1, -0.05) is 6.92 Å². The molecule has 1 N–H and O–H groups in total. The third-order valence-electron chi connectivity index (χ3n) is 4.00. The average Bonchev–Trinajstić information content (AvgIpc) is 2.41. The monoisotopic (exact) mass is 328 g/mol. The fourth-order valence-electron chi connectivity index (χ4n) is 2.65. The van der Waals surface area contributed by atoms with Crippen molar-refractivity contribution in [3.8, 4) is 0 Å². The molecule has 1 rings (SSSR count). The molecule has 0 saturated carbocycles. The van der Waals surface area contributed by atoms with Gasteiger partial charge in [-0.15, -0.1) is 0 Å². The third-order valence-corrected chi connectivity index (χ3v) is 4.00. The highest BCUT2D eigenvalue weighted by atomic mass is 16.7. The Morgan fingerprint density at radius 3 is 2.43 bits per heavy atom. The van der Waals surface area contributed by atoms with Crippen LogP contribution in [0.1, 0.15) is 54.9 Å². The zero-order valence-electron chi connectivity index (χ0n) is 15.5. The minimum absolute atomic E-state index is 0.0609. The van der Waals surface area contributed by atoms with Crippen LogP contribution in [0.3, 0.4) is 0 Å². The molecule has 5 heteroatoms. The molecule has 1 fully saturated rings. The standard InChI is InChI=1S/C18H32O5/c1-12(9-11-21-16(20)17(3,4)5)15-13(2)14(8-10-19)22-18(6,7)23-15/h9,13-15,19H,8,10-11H2,1-7H3/b12-9-/t13-,14-,15-/m0/s1. The number of aliphatic hydroxyl groups is 1. The van der Waals surface area contributed by atoms with Crippen LogP contribution in [0.2, 0.25) is 0 Å². The van der Waals surface area contributed by atoms with E-state index in [2.05, 4.69) is 6.92 Å². The molecule has 0 spiro atoms. The Bertz CT molecular complexity index is 433. The predicted molar refractivity (Wildman–Crippen MR) is 88.9 cm³/mol. The van der Waals surface area contributed by atoms with Crippen molar-refractivity contribution in [2.24, 2.45) is 11.3 Å². The van der Waals surface area contributed by atoms with E-state index in [0.29, 0.717) is 6.42 Å². The van der Waals surface area contributed by atoms with Crippen molar-refractivity contribution in [3.63, 3.8) is 0 Å². The number of carbonyl (C=O) groups excluding carboxylic acids is 1. The maximum absolute atomic E-state index is 11.8. The van der Waals surface area contributed by atoms with E-state index in [9.17, 15) is 9.90 Å². The van der Waals surface area contributed by atoms with Crippen molar-refractivity contribution in [1.82, 2.24) is 0 Å². The molecule has 0 aromatic carbocycles. The van der Waals surface area contributed by atoms with Crippen molar-refractivity contribution in [1.29, 1.82) is 0 Å². The fourth-order valence-corrected chi connectivity index (χ4v) is 2.65. The number of aliphatic hydroxyl groups excluding tert-OH is 1. The van der Waals surface area contributed by atoms with Crippen LogP contribution >= 0.6 is 0 Å². The molecular weight excluding hydrogens is 296 g/mol. The molecule has 1 saturated heterocycles. The first-order valence-electron chi connectivity index (χ1n) is 8.28. The Kier molecular flexibility index (Phi) is 6.81. The van der Waals surface area contributed by atoms with E-state index in [1.807, 2.05) is 47.6 Å². The molecule has 134 valence electrons. The number of rotatable bonds is 5. The van der Waals surface area contributed by atoms with E-state index in [1.165, 1.54) is 0 Å². The molecule has 0 aliphatic carbocycles. The highest BCUT2D eigenvalue weighted by molar-refractivity contribution is 5.75. The van der Waals surface area contributed by atoms with Crippen LogP contribution in [-0.2, 0) is 19.0 Å². The van der Waals surface area contributed by atoms with Gasteiger partial charge >= 0.3 is 5.97 Å². The number of hydrogen-bond donors (Lipinski definition) is 1. The van der Waals surface area contributed by atoms with Gasteiger partial charge in [-0.2, -0.15) is 0 Å². The second-order valence-electron chi connectivity index (χ2n) is 7.76. The predicted octanol–water partition coefficient (Wildman–Crippen LogP) is 3.06. The molecule has 0 aromatic rings. The van der Waals surface area contributed by atoms with Crippen LogP contribution in [0.5, 0.6) is 0 Å². The van der Waals surface area contributed by atoms with Crippen molar-refractivity contribution < 1.29 is 24.1 Å². The lowest BCUT2D eigenvalue weighted by Gasteiger charge is -2.45. The van der Waals surface area contributed by atoms with Gasteiger partial charge in [-0.3, -0.25) is 4.79 Å². The minimum atomic E-state index is -0.700. The lowest BCUT2D eigenvalue weighted by atomic mass is 9.89. The SMILES string of the molecule is C/C(=C/COC(=O)C(C)(C)C)[C@@H]1OC(C)(C)O[C@@H](CCO)[C@@H]1C. The molecule has 23 heavy (non-hydrogen) atoms. The summed E-state index contributed by atoms with van der Waals surface area (Å²) in [6.45, 7) is 13.6. The smallest absolute Gasteiger partial charge is 0.311 e. The maximum Gasteiger partial charge on any atom is 0.311 e. The molecule has 1 aliphatic heterocycles. The van der Waals surface area contributed by atoms with Gasteiger partial charge in [0.05, 0.1) is 17.6 Å². The molecule has 3 atom stereocenters. The Balaban J connectivity index is 2.73. The van der Waals surface area contributed by atoms with Crippen LogP contribution in [0.4, 0.5) is 0 Å². The first kappa shape index (κ1) is 20.1. The van der Waals surface area contributed by atoms with Crippen LogP contribution in [0, 0.1) is 11.3 Å². The van der Waals surface area contributed by atoms with E-state index in [1.54, 1.807) is 0 Å².